The van der Waals surface area contributed by atoms with Crippen molar-refractivity contribution in [2.24, 2.45) is 5.92 Å². The summed E-state index contributed by atoms with van der Waals surface area (Å²) in [6, 6.07) is 5.04. The van der Waals surface area contributed by atoms with E-state index in [4.69, 9.17) is 0 Å². The van der Waals surface area contributed by atoms with E-state index >= 15 is 0 Å². The summed E-state index contributed by atoms with van der Waals surface area (Å²) in [5.74, 6) is 0.0315. The number of carbonyl (C=O) groups is 1. The highest BCUT2D eigenvalue weighted by molar-refractivity contribution is 5.92. The number of carbonyl (C=O) groups excluding carboxylic acids is 1. The van der Waals surface area contributed by atoms with Crippen molar-refractivity contribution >= 4 is 5.91 Å². The average Bonchev–Trinajstić information content (AvgIpc) is 3.38. The molecule has 26 heavy (non-hydrogen) atoms. The average molecular weight is 352 g/mol. The van der Waals surface area contributed by atoms with Crippen molar-refractivity contribution in [2.75, 3.05) is 0 Å². The molecule has 134 valence electrons. The minimum atomic E-state index is -0.547. The van der Waals surface area contributed by atoms with Gasteiger partial charge in [-0.05, 0) is 37.0 Å². The number of aromatic nitrogens is 5. The molecule has 3 heterocycles. The number of amides is 1. The molecule has 1 unspecified atom stereocenters. The molecule has 3 aromatic rings. The SMILES string of the molecule is O=C(N[C@@H]1CC(Cn2ccnc2)C[C@H]1O)c1ccn(-c2ccncc2)n1. The third kappa shape index (κ3) is 3.50. The predicted octanol–water partition coefficient (Wildman–Crippen LogP) is 1.03. The predicted molar refractivity (Wildman–Crippen MR) is 93.6 cm³/mol. The summed E-state index contributed by atoms with van der Waals surface area (Å²) >= 11 is 0. The van der Waals surface area contributed by atoms with E-state index < -0.39 is 6.10 Å². The first-order valence-electron chi connectivity index (χ1n) is 8.60. The van der Waals surface area contributed by atoms with Crippen LogP contribution in [-0.2, 0) is 6.54 Å². The Labute approximate surface area is 150 Å². The van der Waals surface area contributed by atoms with E-state index in [9.17, 15) is 9.90 Å². The maximum atomic E-state index is 12.5. The molecule has 1 aliphatic carbocycles. The highest BCUT2D eigenvalue weighted by atomic mass is 16.3. The normalized spacial score (nSPS) is 22.4. The Bertz CT molecular complexity index is 861. The fraction of sp³-hybridized carbons (Fsp3) is 0.333. The Morgan fingerprint density at radius 1 is 1.15 bits per heavy atom. The van der Waals surface area contributed by atoms with Crippen LogP contribution in [0, 0.1) is 5.92 Å². The number of aliphatic hydroxyl groups is 1. The molecule has 8 nitrogen and oxygen atoms in total. The monoisotopic (exact) mass is 352 g/mol. The molecule has 4 rings (SSSR count). The van der Waals surface area contributed by atoms with Crippen molar-refractivity contribution < 1.29 is 9.90 Å². The van der Waals surface area contributed by atoms with Crippen LogP contribution in [0.3, 0.4) is 0 Å². The van der Waals surface area contributed by atoms with Crippen LogP contribution in [0.2, 0.25) is 0 Å². The van der Waals surface area contributed by atoms with Crippen molar-refractivity contribution in [3.8, 4) is 5.69 Å². The number of hydrogen-bond donors (Lipinski definition) is 2. The fourth-order valence-corrected chi connectivity index (χ4v) is 3.44. The molecule has 0 aromatic carbocycles. The molecule has 3 aromatic heterocycles. The molecule has 2 N–H and O–H groups in total. The number of pyridine rings is 1. The lowest BCUT2D eigenvalue weighted by molar-refractivity contribution is 0.0867. The lowest BCUT2D eigenvalue weighted by Gasteiger charge is -2.15. The van der Waals surface area contributed by atoms with Crippen LogP contribution < -0.4 is 5.32 Å². The van der Waals surface area contributed by atoms with Crippen molar-refractivity contribution in [3.63, 3.8) is 0 Å². The van der Waals surface area contributed by atoms with Gasteiger partial charge in [-0.15, -0.1) is 0 Å². The van der Waals surface area contributed by atoms with Crippen LogP contribution in [-0.4, -0.2) is 47.5 Å². The van der Waals surface area contributed by atoms with Crippen LogP contribution in [0.15, 0.2) is 55.5 Å². The number of nitrogens with one attached hydrogen (secondary N) is 1. The largest absolute Gasteiger partial charge is 0.391 e. The maximum Gasteiger partial charge on any atom is 0.272 e. The Morgan fingerprint density at radius 2 is 2.00 bits per heavy atom. The van der Waals surface area contributed by atoms with Crippen molar-refractivity contribution in [3.05, 3.63) is 61.2 Å². The maximum absolute atomic E-state index is 12.5. The van der Waals surface area contributed by atoms with Gasteiger partial charge in [-0.25, -0.2) is 9.67 Å². The second-order valence-corrected chi connectivity index (χ2v) is 6.60. The Morgan fingerprint density at radius 3 is 2.77 bits per heavy atom. The second kappa shape index (κ2) is 7.09. The number of imidazole rings is 1. The van der Waals surface area contributed by atoms with Crippen molar-refractivity contribution in [1.82, 2.24) is 29.6 Å². The molecule has 1 saturated carbocycles. The van der Waals surface area contributed by atoms with E-state index in [-0.39, 0.29) is 11.9 Å². The summed E-state index contributed by atoms with van der Waals surface area (Å²) in [6.07, 6.45) is 11.3. The summed E-state index contributed by atoms with van der Waals surface area (Å²) in [5.41, 5.74) is 1.16. The van der Waals surface area contributed by atoms with Gasteiger partial charge in [-0.1, -0.05) is 0 Å². The first-order valence-corrected chi connectivity index (χ1v) is 8.60. The van der Waals surface area contributed by atoms with Crippen LogP contribution in [0.1, 0.15) is 23.3 Å². The number of aliphatic hydroxyl groups excluding tert-OH is 1. The molecule has 0 spiro atoms. The Kier molecular flexibility index (Phi) is 4.49. The van der Waals surface area contributed by atoms with Crippen LogP contribution in [0.4, 0.5) is 0 Å². The number of rotatable bonds is 5. The minimum Gasteiger partial charge on any atom is -0.391 e. The van der Waals surface area contributed by atoms with Gasteiger partial charge < -0.3 is 15.0 Å². The fourth-order valence-electron chi connectivity index (χ4n) is 3.44. The molecule has 0 bridgehead atoms. The van der Waals surface area contributed by atoms with Gasteiger partial charge in [0.2, 0.25) is 0 Å². The quantitative estimate of drug-likeness (QED) is 0.715. The van der Waals surface area contributed by atoms with Gasteiger partial charge in [0.1, 0.15) is 0 Å². The first kappa shape index (κ1) is 16.5. The van der Waals surface area contributed by atoms with Crippen LogP contribution in [0.5, 0.6) is 0 Å². The third-order valence-electron chi connectivity index (χ3n) is 4.72. The van der Waals surface area contributed by atoms with Gasteiger partial charge in [0.15, 0.2) is 5.69 Å². The lowest BCUT2D eigenvalue weighted by atomic mass is 10.1. The molecule has 0 radical (unpaired) electrons. The van der Waals surface area contributed by atoms with E-state index in [2.05, 4.69) is 20.4 Å². The van der Waals surface area contributed by atoms with Gasteiger partial charge in [0.05, 0.1) is 24.2 Å². The van der Waals surface area contributed by atoms with Crippen LogP contribution >= 0.6 is 0 Å². The third-order valence-corrected chi connectivity index (χ3v) is 4.72. The Hall–Kier alpha value is -3.00. The summed E-state index contributed by atoms with van der Waals surface area (Å²) in [4.78, 5) is 20.5. The summed E-state index contributed by atoms with van der Waals surface area (Å²) in [6.45, 7) is 0.792. The van der Waals surface area contributed by atoms with Crippen LogP contribution in [0.25, 0.3) is 5.69 Å². The molecular weight excluding hydrogens is 332 g/mol. The second-order valence-electron chi connectivity index (χ2n) is 6.60. The van der Waals surface area contributed by atoms with E-state index in [1.165, 1.54) is 0 Å². The van der Waals surface area contributed by atoms with E-state index in [1.54, 1.807) is 41.9 Å². The molecule has 1 amide bonds. The standard InChI is InChI=1S/C18H20N6O2/c25-17-10-13(11-23-8-6-20-12-23)9-16(17)21-18(26)15-3-7-24(22-15)14-1-4-19-5-2-14/h1-8,12-13,16-17,25H,9-11H2,(H,21,26)/t13?,16-,17-/m1/s1. The van der Waals surface area contributed by atoms with Gasteiger partial charge in [-0.3, -0.25) is 9.78 Å². The van der Waals surface area contributed by atoms with Crippen molar-refractivity contribution in [1.29, 1.82) is 0 Å². The van der Waals surface area contributed by atoms with Gasteiger partial charge in [0, 0.05) is 37.5 Å². The summed E-state index contributed by atoms with van der Waals surface area (Å²) in [7, 11) is 0. The van der Waals surface area contributed by atoms with Gasteiger partial charge in [0.25, 0.3) is 5.91 Å². The van der Waals surface area contributed by atoms with Gasteiger partial charge in [-0.2, -0.15) is 5.10 Å². The van der Waals surface area contributed by atoms with E-state index in [0.717, 1.165) is 18.7 Å². The molecule has 1 aliphatic rings. The zero-order valence-corrected chi connectivity index (χ0v) is 14.1. The van der Waals surface area contributed by atoms with Crippen molar-refractivity contribution in [2.45, 2.75) is 31.5 Å². The summed E-state index contributed by atoms with van der Waals surface area (Å²) < 4.78 is 3.63. The molecule has 8 heteroatoms. The minimum absolute atomic E-state index is 0.262. The topological polar surface area (TPSA) is 97.9 Å². The first-order chi connectivity index (χ1) is 12.7. The molecule has 0 aliphatic heterocycles. The molecule has 3 atom stereocenters. The Balaban J connectivity index is 1.38. The highest BCUT2D eigenvalue weighted by Crippen LogP contribution is 2.27. The number of hydrogen-bond acceptors (Lipinski definition) is 5. The highest BCUT2D eigenvalue weighted by Gasteiger charge is 2.34. The molecule has 0 saturated heterocycles. The molecular formula is C18H20N6O2. The van der Waals surface area contributed by atoms with E-state index in [0.29, 0.717) is 18.0 Å². The zero-order chi connectivity index (χ0) is 17.9. The smallest absolute Gasteiger partial charge is 0.272 e. The van der Waals surface area contributed by atoms with E-state index in [1.807, 2.05) is 22.9 Å². The zero-order valence-electron chi connectivity index (χ0n) is 14.1. The lowest BCUT2D eigenvalue weighted by Crippen LogP contribution is -2.40. The number of nitrogens with zero attached hydrogens (tertiary/aromatic N) is 5. The summed E-state index contributed by atoms with van der Waals surface area (Å²) in [5, 5.41) is 17.5. The molecule has 1 fully saturated rings. The van der Waals surface area contributed by atoms with Gasteiger partial charge >= 0.3 is 0 Å².